The lowest BCUT2D eigenvalue weighted by molar-refractivity contribution is 0.315. The third-order valence-corrected chi connectivity index (χ3v) is 6.13. The van der Waals surface area contributed by atoms with Crippen molar-refractivity contribution < 1.29 is 8.42 Å². The zero-order chi connectivity index (χ0) is 15.0. The fraction of sp³-hybridized carbons (Fsp3) is 0.571. The van der Waals surface area contributed by atoms with Gasteiger partial charge >= 0.3 is 0 Å². The van der Waals surface area contributed by atoms with Gasteiger partial charge in [-0.2, -0.15) is 4.31 Å². The molecule has 112 valence electrons. The Balaban J connectivity index is 2.28. The van der Waals surface area contributed by atoms with Gasteiger partial charge in [-0.15, -0.1) is 0 Å². The molecule has 4 nitrogen and oxygen atoms in total. The van der Waals surface area contributed by atoms with E-state index in [9.17, 15) is 8.42 Å². The van der Waals surface area contributed by atoms with Crippen LogP contribution < -0.4 is 5.73 Å². The van der Waals surface area contributed by atoms with Crippen LogP contribution in [0.2, 0.25) is 5.02 Å². The summed E-state index contributed by atoms with van der Waals surface area (Å²) in [5, 5.41) is 0.279. The Morgan fingerprint density at radius 2 is 1.95 bits per heavy atom. The quantitative estimate of drug-likeness (QED) is 0.853. The van der Waals surface area contributed by atoms with Gasteiger partial charge in [-0.1, -0.05) is 25.4 Å². The van der Waals surface area contributed by atoms with Crippen LogP contribution in [-0.4, -0.2) is 25.8 Å². The summed E-state index contributed by atoms with van der Waals surface area (Å²) in [6, 6.07) is 4.49. The highest BCUT2D eigenvalue weighted by Gasteiger charge is 2.30. The van der Waals surface area contributed by atoms with Gasteiger partial charge in [0.1, 0.15) is 0 Å². The highest BCUT2D eigenvalue weighted by atomic mass is 35.5. The second-order valence-corrected chi connectivity index (χ2v) is 8.45. The number of nitrogens with two attached hydrogens (primary N) is 1. The Hall–Kier alpha value is -0.780. The van der Waals surface area contributed by atoms with Crippen molar-refractivity contribution in [2.24, 2.45) is 5.41 Å². The molecule has 1 aromatic rings. The van der Waals surface area contributed by atoms with Crippen molar-refractivity contribution in [1.82, 2.24) is 4.31 Å². The van der Waals surface area contributed by atoms with E-state index in [0.29, 0.717) is 18.8 Å². The molecule has 0 aromatic heterocycles. The van der Waals surface area contributed by atoms with E-state index in [1.807, 2.05) is 0 Å². The summed E-state index contributed by atoms with van der Waals surface area (Å²) in [6.07, 6.45) is 2.80. The molecule has 1 aromatic carbocycles. The van der Waals surface area contributed by atoms with Gasteiger partial charge in [0.2, 0.25) is 10.0 Å². The molecule has 0 unspecified atom stereocenters. The van der Waals surface area contributed by atoms with E-state index in [0.717, 1.165) is 19.3 Å². The van der Waals surface area contributed by atoms with E-state index >= 15 is 0 Å². The second kappa shape index (κ2) is 5.54. The van der Waals surface area contributed by atoms with E-state index < -0.39 is 10.0 Å². The summed E-state index contributed by atoms with van der Waals surface area (Å²) in [4.78, 5) is 0.219. The van der Waals surface area contributed by atoms with E-state index in [2.05, 4.69) is 13.8 Å². The van der Waals surface area contributed by atoms with E-state index in [4.69, 9.17) is 17.3 Å². The van der Waals surface area contributed by atoms with Gasteiger partial charge in [-0.3, -0.25) is 0 Å². The van der Waals surface area contributed by atoms with Gasteiger partial charge < -0.3 is 5.73 Å². The lowest BCUT2D eigenvalue weighted by Gasteiger charge is -2.23. The summed E-state index contributed by atoms with van der Waals surface area (Å²) in [5.41, 5.74) is 6.22. The molecule has 20 heavy (non-hydrogen) atoms. The Morgan fingerprint density at radius 3 is 2.60 bits per heavy atom. The Labute approximate surface area is 126 Å². The summed E-state index contributed by atoms with van der Waals surface area (Å²) in [5.74, 6) is 0. The van der Waals surface area contributed by atoms with Crippen molar-refractivity contribution in [3.8, 4) is 0 Å². The Bertz CT molecular complexity index is 599. The molecule has 0 radical (unpaired) electrons. The molecule has 1 aliphatic rings. The second-order valence-electron chi connectivity index (χ2n) is 6.11. The van der Waals surface area contributed by atoms with Crippen LogP contribution in [0.5, 0.6) is 0 Å². The van der Waals surface area contributed by atoms with Crippen LogP contribution in [0, 0.1) is 5.41 Å². The molecule has 0 bridgehead atoms. The largest absolute Gasteiger partial charge is 0.398 e. The molecule has 0 saturated carbocycles. The Kier molecular flexibility index (Phi) is 4.33. The average Bonchev–Trinajstić information content (AvgIpc) is 2.54. The number of hydrogen-bond donors (Lipinski definition) is 1. The predicted molar refractivity (Wildman–Crippen MR) is 82.3 cm³/mol. The zero-order valence-corrected chi connectivity index (χ0v) is 13.5. The SMILES string of the molecule is CC1(C)CCCN(S(=O)(=O)c2ccc(N)c(Cl)c2)CC1. The molecule has 2 N–H and O–H groups in total. The number of nitrogens with zero attached hydrogens (tertiary/aromatic N) is 1. The van der Waals surface area contributed by atoms with Gasteiger partial charge in [0.25, 0.3) is 0 Å². The van der Waals surface area contributed by atoms with E-state index in [1.165, 1.54) is 18.2 Å². The minimum Gasteiger partial charge on any atom is -0.398 e. The van der Waals surface area contributed by atoms with Crippen molar-refractivity contribution in [3.63, 3.8) is 0 Å². The van der Waals surface area contributed by atoms with Crippen molar-refractivity contribution in [3.05, 3.63) is 23.2 Å². The minimum atomic E-state index is -3.48. The number of halogens is 1. The summed E-state index contributed by atoms with van der Waals surface area (Å²) in [6.45, 7) is 5.48. The maximum atomic E-state index is 12.6. The highest BCUT2D eigenvalue weighted by Crippen LogP contribution is 2.32. The standard InChI is InChI=1S/C14H21ClN2O2S/c1-14(2)6-3-8-17(9-7-14)20(18,19)11-4-5-13(16)12(15)10-11/h4-5,10H,3,6-9,16H2,1-2H3. The molecule has 1 heterocycles. The lowest BCUT2D eigenvalue weighted by atomic mass is 9.85. The lowest BCUT2D eigenvalue weighted by Crippen LogP contribution is -2.32. The number of benzene rings is 1. The molecular formula is C14H21ClN2O2S. The first kappa shape index (κ1) is 15.6. The number of rotatable bonds is 2. The summed E-state index contributed by atoms with van der Waals surface area (Å²) < 4.78 is 26.8. The van der Waals surface area contributed by atoms with Gasteiger partial charge in [0.05, 0.1) is 15.6 Å². The highest BCUT2D eigenvalue weighted by molar-refractivity contribution is 7.89. The Morgan fingerprint density at radius 1 is 1.25 bits per heavy atom. The molecule has 0 aliphatic carbocycles. The maximum Gasteiger partial charge on any atom is 0.243 e. The molecule has 6 heteroatoms. The zero-order valence-electron chi connectivity index (χ0n) is 11.9. The molecule has 0 amide bonds. The molecule has 1 saturated heterocycles. The number of nitrogen functional groups attached to an aromatic ring is 1. The number of hydrogen-bond acceptors (Lipinski definition) is 3. The van der Waals surface area contributed by atoms with Gasteiger partial charge in [0, 0.05) is 13.1 Å². The van der Waals surface area contributed by atoms with Crippen LogP contribution in [0.25, 0.3) is 0 Å². The first-order valence-electron chi connectivity index (χ1n) is 6.78. The third-order valence-electron chi connectivity index (χ3n) is 3.91. The number of sulfonamides is 1. The molecule has 1 fully saturated rings. The van der Waals surface area contributed by atoms with Gasteiger partial charge in [-0.05, 0) is 42.9 Å². The van der Waals surface area contributed by atoms with Crippen molar-refractivity contribution in [1.29, 1.82) is 0 Å². The van der Waals surface area contributed by atoms with Crippen LogP contribution in [0.1, 0.15) is 33.1 Å². The van der Waals surface area contributed by atoms with Crippen molar-refractivity contribution in [2.45, 2.75) is 38.0 Å². The molecule has 0 spiro atoms. The predicted octanol–water partition coefficient (Wildman–Crippen LogP) is 3.12. The van der Waals surface area contributed by atoms with E-state index in [-0.39, 0.29) is 15.3 Å². The first-order chi connectivity index (χ1) is 9.22. The topological polar surface area (TPSA) is 63.4 Å². The van der Waals surface area contributed by atoms with Crippen LogP contribution in [0.15, 0.2) is 23.1 Å². The third kappa shape index (κ3) is 3.27. The molecular weight excluding hydrogens is 296 g/mol. The van der Waals surface area contributed by atoms with Crippen molar-refractivity contribution in [2.75, 3.05) is 18.8 Å². The smallest absolute Gasteiger partial charge is 0.243 e. The van der Waals surface area contributed by atoms with Gasteiger partial charge in [-0.25, -0.2) is 8.42 Å². The fourth-order valence-corrected chi connectivity index (χ4v) is 4.21. The van der Waals surface area contributed by atoms with E-state index in [1.54, 1.807) is 4.31 Å². The van der Waals surface area contributed by atoms with Crippen LogP contribution in [0.4, 0.5) is 5.69 Å². The summed E-state index contributed by atoms with van der Waals surface area (Å²) >= 11 is 5.93. The maximum absolute atomic E-state index is 12.6. The van der Waals surface area contributed by atoms with Crippen LogP contribution in [0.3, 0.4) is 0 Å². The van der Waals surface area contributed by atoms with Crippen LogP contribution >= 0.6 is 11.6 Å². The number of anilines is 1. The fourth-order valence-electron chi connectivity index (χ4n) is 2.46. The molecule has 1 aliphatic heterocycles. The monoisotopic (exact) mass is 316 g/mol. The minimum absolute atomic E-state index is 0.197. The molecule has 0 atom stereocenters. The normalized spacial score (nSPS) is 20.6. The first-order valence-corrected chi connectivity index (χ1v) is 8.59. The molecule has 2 rings (SSSR count). The van der Waals surface area contributed by atoms with Crippen molar-refractivity contribution >= 4 is 27.3 Å². The van der Waals surface area contributed by atoms with Gasteiger partial charge in [0.15, 0.2) is 0 Å². The summed E-state index contributed by atoms with van der Waals surface area (Å²) in [7, 11) is -3.48. The average molecular weight is 317 g/mol. The van der Waals surface area contributed by atoms with Crippen LogP contribution in [-0.2, 0) is 10.0 Å².